The predicted molar refractivity (Wildman–Crippen MR) is 47.6 cm³/mol. The Morgan fingerprint density at radius 1 is 1.56 bits per heavy atom. The summed E-state index contributed by atoms with van der Waals surface area (Å²) in [4.78, 5) is 0. The summed E-state index contributed by atoms with van der Waals surface area (Å²) >= 11 is 2.36. The fraction of sp³-hybridized carbons (Fsp3) is 1.00. The predicted octanol–water partition coefficient (Wildman–Crippen LogP) is 1.07. The van der Waals surface area contributed by atoms with Crippen molar-refractivity contribution in [2.45, 2.75) is 30.0 Å². The molecule has 3 heteroatoms. The molecule has 1 unspecified atom stereocenters. The summed E-state index contributed by atoms with van der Waals surface area (Å²) in [6.45, 7) is 5.60. The van der Waals surface area contributed by atoms with Crippen LogP contribution in [0.5, 0.6) is 0 Å². The lowest BCUT2D eigenvalue weighted by Gasteiger charge is -2.35. The largest absolute Gasteiger partial charge is 0.294 e. The molecule has 2 nitrogen and oxygen atoms in total. The van der Waals surface area contributed by atoms with Gasteiger partial charge in [0.2, 0.25) is 0 Å². The Morgan fingerprint density at radius 2 is 2.22 bits per heavy atom. The second kappa shape index (κ2) is 2.72. The molecule has 0 radical (unpaired) electrons. The van der Waals surface area contributed by atoms with Crippen LogP contribution in [0.1, 0.15) is 20.3 Å². The van der Waals surface area contributed by atoms with E-state index in [0.29, 0.717) is 9.71 Å². The molecule has 1 heterocycles. The van der Waals surface area contributed by atoms with Crippen molar-refractivity contribution in [3.05, 3.63) is 0 Å². The van der Waals surface area contributed by atoms with E-state index < -0.39 is 0 Å². The lowest BCUT2D eigenvalue weighted by molar-refractivity contribution is 0.288. The number of alkyl halides is 1. The highest BCUT2D eigenvalue weighted by molar-refractivity contribution is 14.1. The molecule has 0 spiro atoms. The van der Waals surface area contributed by atoms with Gasteiger partial charge in [-0.2, -0.15) is 0 Å². The van der Waals surface area contributed by atoms with Crippen molar-refractivity contribution in [3.63, 3.8) is 0 Å². The molecule has 0 bridgehead atoms. The first-order chi connectivity index (χ1) is 4.10. The summed E-state index contributed by atoms with van der Waals surface area (Å²) in [5, 5.41) is 6.74. The van der Waals surface area contributed by atoms with E-state index in [0.717, 1.165) is 6.54 Å². The summed E-state index contributed by atoms with van der Waals surface area (Å²) < 4.78 is 0.450. The van der Waals surface area contributed by atoms with E-state index >= 15 is 0 Å². The van der Waals surface area contributed by atoms with Gasteiger partial charge < -0.3 is 0 Å². The van der Waals surface area contributed by atoms with E-state index in [9.17, 15) is 0 Å². The third kappa shape index (κ3) is 2.39. The summed E-state index contributed by atoms with van der Waals surface area (Å²) in [6.07, 6.45) is 1.21. The Labute approximate surface area is 69.9 Å². The van der Waals surface area contributed by atoms with Gasteiger partial charge in [0.25, 0.3) is 0 Å². The number of rotatable bonds is 0. The van der Waals surface area contributed by atoms with E-state index in [-0.39, 0.29) is 0 Å². The summed E-state index contributed by atoms with van der Waals surface area (Å²) in [6, 6.07) is 0. The average Bonchev–Trinajstić information content (AvgIpc) is 1.60. The lowest BCUT2D eigenvalue weighted by Crippen LogP contribution is -2.55. The van der Waals surface area contributed by atoms with Crippen LogP contribution >= 0.6 is 22.6 Å². The van der Waals surface area contributed by atoms with Gasteiger partial charge in [0.05, 0.1) is 0 Å². The summed E-state index contributed by atoms with van der Waals surface area (Å²) in [5.41, 5.74) is 0.330. The molecule has 0 aromatic carbocycles. The minimum absolute atomic E-state index is 0.330. The van der Waals surface area contributed by atoms with Crippen LogP contribution in [-0.4, -0.2) is 16.3 Å². The molecule has 1 aliphatic rings. The summed E-state index contributed by atoms with van der Waals surface area (Å²) in [7, 11) is 0. The lowest BCUT2D eigenvalue weighted by atomic mass is 10.00. The molecule has 1 atom stereocenters. The molecular weight excluding hydrogens is 227 g/mol. The van der Waals surface area contributed by atoms with Gasteiger partial charge in [-0.05, 0) is 49.4 Å². The normalized spacial score (nSPS) is 34.3. The highest BCUT2D eigenvalue weighted by atomic mass is 127. The molecule has 0 amide bonds. The third-order valence-electron chi connectivity index (χ3n) is 1.59. The second-order valence-corrected chi connectivity index (χ2v) is 4.34. The molecule has 9 heavy (non-hydrogen) atoms. The highest BCUT2D eigenvalue weighted by Crippen LogP contribution is 2.13. The van der Waals surface area contributed by atoms with Gasteiger partial charge in [0, 0.05) is 5.54 Å². The summed E-state index contributed by atoms with van der Waals surface area (Å²) in [5.74, 6) is 0. The standard InChI is InChI=1S/C6H13IN2/c1-6(2)3-4-8-5(7)9-6/h5,8-9H,3-4H2,1-2H3. The fourth-order valence-corrected chi connectivity index (χ4v) is 2.13. The van der Waals surface area contributed by atoms with Crippen LogP contribution < -0.4 is 10.6 Å². The minimum Gasteiger partial charge on any atom is -0.294 e. The van der Waals surface area contributed by atoms with Gasteiger partial charge in [-0.25, -0.2) is 0 Å². The van der Waals surface area contributed by atoms with Crippen LogP contribution in [0.4, 0.5) is 0 Å². The molecule has 0 aromatic heterocycles. The van der Waals surface area contributed by atoms with Crippen molar-refractivity contribution in [2.75, 3.05) is 6.54 Å². The molecule has 1 rings (SSSR count). The van der Waals surface area contributed by atoms with Crippen LogP contribution in [0.25, 0.3) is 0 Å². The van der Waals surface area contributed by atoms with E-state index in [4.69, 9.17) is 0 Å². The first kappa shape index (κ1) is 7.75. The van der Waals surface area contributed by atoms with Crippen molar-refractivity contribution in [2.24, 2.45) is 0 Å². The Bertz CT molecular complexity index is 103. The number of hydrogen-bond acceptors (Lipinski definition) is 2. The van der Waals surface area contributed by atoms with Crippen molar-refractivity contribution in [1.29, 1.82) is 0 Å². The minimum atomic E-state index is 0.330. The SMILES string of the molecule is CC1(C)CCNC(I)N1. The average molecular weight is 240 g/mol. The quantitative estimate of drug-likeness (QED) is 0.376. The van der Waals surface area contributed by atoms with Gasteiger partial charge in [0.15, 0.2) is 0 Å². The Hall–Kier alpha value is 0.650. The maximum absolute atomic E-state index is 3.43. The van der Waals surface area contributed by atoms with Crippen LogP contribution in [-0.2, 0) is 0 Å². The Kier molecular flexibility index (Phi) is 2.34. The van der Waals surface area contributed by atoms with Gasteiger partial charge >= 0.3 is 0 Å². The van der Waals surface area contributed by atoms with Gasteiger partial charge in [-0.3, -0.25) is 10.6 Å². The van der Waals surface area contributed by atoms with Crippen LogP contribution in [0.3, 0.4) is 0 Å². The van der Waals surface area contributed by atoms with Crippen molar-refractivity contribution in [1.82, 2.24) is 10.6 Å². The zero-order chi connectivity index (χ0) is 6.91. The molecule has 0 saturated carbocycles. The second-order valence-electron chi connectivity index (χ2n) is 3.09. The van der Waals surface area contributed by atoms with Gasteiger partial charge in [-0.15, -0.1) is 0 Å². The number of halogens is 1. The monoisotopic (exact) mass is 240 g/mol. The van der Waals surface area contributed by atoms with E-state index in [1.165, 1.54) is 6.42 Å². The van der Waals surface area contributed by atoms with E-state index in [1.807, 2.05) is 0 Å². The van der Waals surface area contributed by atoms with Gasteiger partial charge in [-0.1, -0.05) is 0 Å². The third-order valence-corrected chi connectivity index (χ3v) is 2.34. The molecule has 1 fully saturated rings. The number of nitrogens with one attached hydrogen (secondary N) is 2. The fourth-order valence-electron chi connectivity index (χ4n) is 0.978. The smallest absolute Gasteiger partial charge is 0.111 e. The van der Waals surface area contributed by atoms with Gasteiger partial charge in [0.1, 0.15) is 4.17 Å². The molecule has 2 N–H and O–H groups in total. The maximum atomic E-state index is 3.43. The van der Waals surface area contributed by atoms with E-state index in [2.05, 4.69) is 47.1 Å². The first-order valence-corrected chi connectivity index (χ1v) is 4.50. The maximum Gasteiger partial charge on any atom is 0.111 e. The van der Waals surface area contributed by atoms with Crippen LogP contribution in [0, 0.1) is 0 Å². The molecule has 0 aromatic rings. The zero-order valence-corrected chi connectivity index (χ0v) is 8.03. The molecular formula is C6H13IN2. The van der Waals surface area contributed by atoms with Crippen molar-refractivity contribution in [3.8, 4) is 0 Å². The zero-order valence-electron chi connectivity index (χ0n) is 5.87. The number of hydrogen-bond donors (Lipinski definition) is 2. The first-order valence-electron chi connectivity index (χ1n) is 3.25. The van der Waals surface area contributed by atoms with Crippen molar-refractivity contribution < 1.29 is 0 Å². The topological polar surface area (TPSA) is 24.1 Å². The van der Waals surface area contributed by atoms with Crippen molar-refractivity contribution >= 4 is 22.6 Å². The molecule has 54 valence electrons. The Balaban J connectivity index is 2.41. The molecule has 1 saturated heterocycles. The molecule has 1 aliphatic heterocycles. The Morgan fingerprint density at radius 3 is 2.56 bits per heavy atom. The van der Waals surface area contributed by atoms with Crippen LogP contribution in [0.15, 0.2) is 0 Å². The van der Waals surface area contributed by atoms with Crippen LogP contribution in [0.2, 0.25) is 0 Å². The van der Waals surface area contributed by atoms with E-state index in [1.54, 1.807) is 0 Å². The molecule has 0 aliphatic carbocycles. The highest BCUT2D eigenvalue weighted by Gasteiger charge is 2.24.